The van der Waals surface area contributed by atoms with Crippen molar-refractivity contribution in [3.63, 3.8) is 0 Å². The summed E-state index contributed by atoms with van der Waals surface area (Å²) in [5.41, 5.74) is 2.15. The molecule has 1 radical (unpaired) electrons. The van der Waals surface area contributed by atoms with Crippen molar-refractivity contribution in [3.8, 4) is 0 Å². The van der Waals surface area contributed by atoms with E-state index in [2.05, 4.69) is 11.1 Å². The fraction of sp³-hybridized carbons (Fsp3) is 0.105. The molecule has 0 aliphatic rings. The smallest absolute Gasteiger partial charge is 0.343 e. The third kappa shape index (κ3) is 3.65. The maximum atomic E-state index is 12.6. The van der Waals surface area contributed by atoms with Crippen molar-refractivity contribution in [3.05, 3.63) is 90.5 Å². The van der Waals surface area contributed by atoms with Gasteiger partial charge in [0, 0.05) is 30.1 Å². The molecule has 3 aromatic rings. The summed E-state index contributed by atoms with van der Waals surface area (Å²) in [5.74, 6) is 0. The molecule has 0 fully saturated rings. The third-order valence-electron chi connectivity index (χ3n) is 3.71. The van der Waals surface area contributed by atoms with E-state index in [0.29, 0.717) is 6.54 Å². The van der Waals surface area contributed by atoms with E-state index in [-0.39, 0.29) is 12.4 Å². The van der Waals surface area contributed by atoms with Gasteiger partial charge in [-0.2, -0.15) is 13.2 Å². The van der Waals surface area contributed by atoms with Gasteiger partial charge in [0.2, 0.25) is 0 Å². The summed E-state index contributed by atoms with van der Waals surface area (Å²) in [6.45, 7) is 4.43. The molecule has 2 aromatic carbocycles. The van der Waals surface area contributed by atoms with Gasteiger partial charge in [-0.25, -0.2) is 0 Å². The molecule has 0 amide bonds. The number of aromatic nitrogens is 1. The van der Waals surface area contributed by atoms with Gasteiger partial charge in [-0.15, -0.1) is 19.0 Å². The number of allylic oxidation sites excluding steroid dienone is 1. The fourth-order valence-electron chi connectivity index (χ4n) is 2.63. The molecule has 125 valence electrons. The number of hydrogen-bond donors (Lipinski definition) is 0. The van der Waals surface area contributed by atoms with Crippen LogP contribution in [0.3, 0.4) is 0 Å². The highest BCUT2D eigenvalue weighted by atomic mass is 35.5. The summed E-state index contributed by atoms with van der Waals surface area (Å²) in [6, 6.07) is 13.1. The highest BCUT2D eigenvalue weighted by Crippen LogP contribution is 2.30. The Bertz CT molecular complexity index is 832. The van der Waals surface area contributed by atoms with Crippen LogP contribution in [-0.4, -0.2) is 4.57 Å². The summed E-state index contributed by atoms with van der Waals surface area (Å²) in [4.78, 5) is 0. The first-order valence-electron chi connectivity index (χ1n) is 7.20. The van der Waals surface area contributed by atoms with E-state index in [1.54, 1.807) is 0 Å². The van der Waals surface area contributed by atoms with Gasteiger partial charge in [-0.05, 0) is 29.3 Å². The highest BCUT2D eigenvalue weighted by molar-refractivity contribution is 5.86. The van der Waals surface area contributed by atoms with Crippen LogP contribution < -0.4 is 0 Å². The zero-order valence-electron chi connectivity index (χ0n) is 12.8. The lowest BCUT2D eigenvalue weighted by molar-refractivity contribution is -0.137. The summed E-state index contributed by atoms with van der Waals surface area (Å²) in [6.07, 6.45) is 1.39. The Morgan fingerprint density at radius 3 is 2.29 bits per heavy atom. The summed E-state index contributed by atoms with van der Waals surface area (Å²) < 4.78 is 39.9. The van der Waals surface area contributed by atoms with Crippen LogP contribution in [0.1, 0.15) is 16.7 Å². The van der Waals surface area contributed by atoms with E-state index < -0.39 is 11.7 Å². The van der Waals surface area contributed by atoms with Gasteiger partial charge in [0.25, 0.3) is 0 Å². The molecule has 1 nitrogen and oxygen atoms in total. The summed E-state index contributed by atoms with van der Waals surface area (Å²) in [7, 11) is 0. The highest BCUT2D eigenvalue weighted by Gasteiger charge is 2.29. The minimum Gasteiger partial charge on any atom is -0.343 e. The third-order valence-corrected chi connectivity index (χ3v) is 3.71. The average Bonchev–Trinajstić information content (AvgIpc) is 2.86. The van der Waals surface area contributed by atoms with Gasteiger partial charge >= 0.3 is 6.18 Å². The van der Waals surface area contributed by atoms with E-state index in [9.17, 15) is 13.2 Å². The minimum absolute atomic E-state index is 0. The van der Waals surface area contributed by atoms with Crippen LogP contribution in [0.25, 0.3) is 10.9 Å². The zero-order chi connectivity index (χ0) is 16.4. The predicted octanol–water partition coefficient (Wildman–Crippen LogP) is 5.87. The second-order valence-corrected chi connectivity index (χ2v) is 5.31. The largest absolute Gasteiger partial charge is 0.416 e. The van der Waals surface area contributed by atoms with E-state index in [1.807, 2.05) is 43.0 Å². The van der Waals surface area contributed by atoms with E-state index in [4.69, 9.17) is 0 Å². The van der Waals surface area contributed by atoms with Crippen molar-refractivity contribution in [2.45, 2.75) is 12.7 Å². The number of nitrogens with zero attached hydrogens (tertiary/aromatic N) is 1. The topological polar surface area (TPSA) is 4.93 Å². The molecule has 0 saturated heterocycles. The average molecular weight is 351 g/mol. The SMILES string of the molecule is C=CCn1cc([CH]c2ccc(C(F)(F)F)cc2)c2ccccc21.Cl. The zero-order valence-corrected chi connectivity index (χ0v) is 13.6. The van der Waals surface area contributed by atoms with E-state index >= 15 is 0 Å². The van der Waals surface area contributed by atoms with Crippen LogP contribution in [0.15, 0.2) is 67.4 Å². The number of fused-ring (bicyclic) bond motifs is 1. The van der Waals surface area contributed by atoms with Crippen LogP contribution in [0.4, 0.5) is 13.2 Å². The second kappa shape index (κ2) is 7.14. The van der Waals surface area contributed by atoms with Crippen molar-refractivity contribution in [2.24, 2.45) is 0 Å². The monoisotopic (exact) mass is 350 g/mol. The summed E-state index contributed by atoms with van der Waals surface area (Å²) in [5, 5.41) is 1.06. The van der Waals surface area contributed by atoms with E-state index in [1.165, 1.54) is 12.1 Å². The molecule has 0 spiro atoms. The Hall–Kier alpha value is -2.20. The first kappa shape index (κ1) is 18.1. The molecule has 24 heavy (non-hydrogen) atoms. The van der Waals surface area contributed by atoms with E-state index in [0.717, 1.165) is 34.2 Å². The molecule has 3 rings (SSSR count). The quantitative estimate of drug-likeness (QED) is 0.519. The Morgan fingerprint density at radius 2 is 1.67 bits per heavy atom. The van der Waals surface area contributed by atoms with Gasteiger partial charge in [0.15, 0.2) is 0 Å². The first-order chi connectivity index (χ1) is 11.0. The molecular weight excluding hydrogens is 335 g/mol. The molecule has 0 unspecified atom stereocenters. The van der Waals surface area contributed by atoms with Crippen molar-refractivity contribution in [1.82, 2.24) is 4.57 Å². The minimum atomic E-state index is -4.31. The number of rotatable bonds is 4. The van der Waals surface area contributed by atoms with Crippen molar-refractivity contribution in [1.29, 1.82) is 0 Å². The fourth-order valence-corrected chi connectivity index (χ4v) is 2.63. The molecule has 1 aromatic heterocycles. The van der Waals surface area contributed by atoms with Crippen molar-refractivity contribution in [2.75, 3.05) is 0 Å². The van der Waals surface area contributed by atoms with Crippen LogP contribution in [0.5, 0.6) is 0 Å². The van der Waals surface area contributed by atoms with Crippen LogP contribution in [0.2, 0.25) is 0 Å². The Morgan fingerprint density at radius 1 is 1.00 bits per heavy atom. The number of halogens is 4. The van der Waals surface area contributed by atoms with Gasteiger partial charge in [-0.3, -0.25) is 0 Å². The lowest BCUT2D eigenvalue weighted by Crippen LogP contribution is -2.04. The lowest BCUT2D eigenvalue weighted by atomic mass is 10.0. The molecule has 0 N–H and O–H groups in total. The van der Waals surface area contributed by atoms with Crippen molar-refractivity contribution < 1.29 is 13.2 Å². The molecular formula is C19H16ClF3N. The molecule has 0 aliphatic carbocycles. The molecule has 1 heterocycles. The number of benzene rings is 2. The Labute approximate surface area is 144 Å². The number of para-hydroxylation sites is 1. The predicted molar refractivity (Wildman–Crippen MR) is 93.3 cm³/mol. The molecule has 0 bridgehead atoms. The maximum absolute atomic E-state index is 12.6. The van der Waals surface area contributed by atoms with Crippen LogP contribution in [0, 0.1) is 6.42 Å². The van der Waals surface area contributed by atoms with Gasteiger partial charge in [0.05, 0.1) is 5.56 Å². The molecule has 0 atom stereocenters. The Balaban J connectivity index is 0.00000208. The second-order valence-electron chi connectivity index (χ2n) is 5.31. The van der Waals surface area contributed by atoms with Crippen LogP contribution in [-0.2, 0) is 12.7 Å². The number of hydrogen-bond acceptors (Lipinski definition) is 0. The molecule has 0 saturated carbocycles. The Kier molecular flexibility index (Phi) is 5.40. The summed E-state index contributed by atoms with van der Waals surface area (Å²) >= 11 is 0. The van der Waals surface area contributed by atoms with Gasteiger partial charge in [0.1, 0.15) is 0 Å². The molecule has 5 heteroatoms. The van der Waals surface area contributed by atoms with Gasteiger partial charge in [-0.1, -0.05) is 36.4 Å². The maximum Gasteiger partial charge on any atom is 0.416 e. The standard InChI is InChI=1S/C19H15F3N.ClH/c1-2-11-23-13-15(17-5-3-4-6-18(17)23)12-14-7-9-16(10-8-14)19(20,21)22;/h2-10,12-13H,1,11H2;1H. The lowest BCUT2D eigenvalue weighted by Gasteiger charge is -2.07. The van der Waals surface area contributed by atoms with Crippen molar-refractivity contribution >= 4 is 23.3 Å². The normalized spacial score (nSPS) is 11.3. The molecule has 0 aliphatic heterocycles. The van der Waals surface area contributed by atoms with Gasteiger partial charge < -0.3 is 4.57 Å². The van der Waals surface area contributed by atoms with Crippen LogP contribution >= 0.6 is 12.4 Å². The number of alkyl halides is 3. The first-order valence-corrected chi connectivity index (χ1v) is 7.20.